The third kappa shape index (κ3) is 5.22. The van der Waals surface area contributed by atoms with E-state index in [2.05, 4.69) is 5.32 Å². The number of alkyl halides is 3. The van der Waals surface area contributed by atoms with Crippen molar-refractivity contribution in [3.05, 3.63) is 64.6 Å². The average molecular weight is 436 g/mol. The highest BCUT2D eigenvalue weighted by Crippen LogP contribution is 2.42. The first-order chi connectivity index (χ1) is 14.3. The van der Waals surface area contributed by atoms with E-state index in [4.69, 9.17) is 4.74 Å². The molecule has 5 nitrogen and oxygen atoms in total. The summed E-state index contributed by atoms with van der Waals surface area (Å²) in [6, 6.07) is 11.7. The van der Waals surface area contributed by atoms with Crippen LogP contribution in [0.1, 0.15) is 11.1 Å². The van der Waals surface area contributed by atoms with Gasteiger partial charge in [-0.3, -0.25) is 14.5 Å². The number of para-hydroxylation sites is 1. The second kappa shape index (κ2) is 9.36. The van der Waals surface area contributed by atoms with Crippen molar-refractivity contribution in [3.63, 3.8) is 0 Å². The van der Waals surface area contributed by atoms with Crippen LogP contribution in [0.2, 0.25) is 0 Å². The number of nitrogens with zero attached hydrogens (tertiary/aromatic N) is 1. The number of hydrogen-bond acceptors (Lipinski definition) is 4. The smallest absolute Gasteiger partial charge is 0.383 e. The molecular weight excluding hydrogens is 417 g/mol. The molecule has 0 spiro atoms. The van der Waals surface area contributed by atoms with Gasteiger partial charge in [0.15, 0.2) is 0 Å². The van der Waals surface area contributed by atoms with Gasteiger partial charge in [-0.25, -0.2) is 0 Å². The minimum atomic E-state index is -4.42. The lowest BCUT2D eigenvalue weighted by molar-refractivity contribution is -0.137. The molecule has 0 saturated heterocycles. The molecule has 9 heteroatoms. The first kappa shape index (κ1) is 21.9. The molecule has 2 amide bonds. The molecule has 158 valence electrons. The van der Waals surface area contributed by atoms with Crippen LogP contribution in [-0.4, -0.2) is 38.6 Å². The van der Waals surface area contributed by atoms with E-state index in [0.717, 1.165) is 17.0 Å². The van der Waals surface area contributed by atoms with Crippen molar-refractivity contribution in [2.45, 2.75) is 11.1 Å². The summed E-state index contributed by atoms with van der Waals surface area (Å²) in [5.74, 6) is -0.725. The molecule has 30 heavy (non-hydrogen) atoms. The lowest BCUT2D eigenvalue weighted by Gasteiger charge is -2.29. The number of carbonyl (C=O) groups excluding carboxylic acids is 2. The quantitative estimate of drug-likeness (QED) is 0.550. The molecule has 0 bridgehead atoms. The number of ether oxygens (including phenoxy) is 1. The zero-order valence-corrected chi connectivity index (χ0v) is 16.8. The van der Waals surface area contributed by atoms with Gasteiger partial charge in [0.1, 0.15) is 6.54 Å². The Morgan fingerprint density at radius 1 is 1.17 bits per heavy atom. The maximum absolute atomic E-state index is 13.0. The molecule has 2 aromatic rings. The lowest BCUT2D eigenvalue weighted by Crippen LogP contribution is -2.43. The Kier molecular flexibility index (Phi) is 6.84. The number of hydrogen-bond donors (Lipinski definition) is 1. The van der Waals surface area contributed by atoms with Crippen LogP contribution in [0.4, 0.5) is 18.9 Å². The van der Waals surface area contributed by atoms with Crippen molar-refractivity contribution >= 4 is 35.3 Å². The van der Waals surface area contributed by atoms with Crippen LogP contribution in [0, 0.1) is 0 Å². The molecule has 0 aliphatic carbocycles. The normalized spacial score (nSPS) is 15.3. The number of benzene rings is 2. The fourth-order valence-electron chi connectivity index (χ4n) is 2.83. The van der Waals surface area contributed by atoms with E-state index >= 15 is 0 Å². The predicted octanol–water partition coefficient (Wildman–Crippen LogP) is 3.95. The Balaban J connectivity index is 1.86. The van der Waals surface area contributed by atoms with Gasteiger partial charge in [-0.2, -0.15) is 13.2 Å². The minimum Gasteiger partial charge on any atom is -0.383 e. The third-order valence-electron chi connectivity index (χ3n) is 4.30. The number of nitrogens with one attached hydrogen (secondary N) is 1. The summed E-state index contributed by atoms with van der Waals surface area (Å²) >= 11 is 1.22. The van der Waals surface area contributed by atoms with E-state index in [-0.39, 0.29) is 18.4 Å². The number of anilines is 1. The summed E-state index contributed by atoms with van der Waals surface area (Å²) in [4.78, 5) is 27.7. The van der Waals surface area contributed by atoms with Gasteiger partial charge in [0.25, 0.3) is 5.91 Å². The average Bonchev–Trinajstić information content (AvgIpc) is 2.71. The standard InChI is InChI=1S/C21H19F3N2O3S/c1-29-11-10-25-19(27)13-26-16-4-2-3-5-17(16)30-18(20(26)28)12-14-6-8-15(9-7-14)21(22,23)24/h2-9,12H,10-11,13H2,1H3,(H,25,27). The largest absolute Gasteiger partial charge is 0.416 e. The van der Waals surface area contributed by atoms with Gasteiger partial charge in [-0.05, 0) is 35.9 Å². The van der Waals surface area contributed by atoms with Gasteiger partial charge in [0, 0.05) is 18.6 Å². The Morgan fingerprint density at radius 3 is 2.53 bits per heavy atom. The maximum atomic E-state index is 13.0. The third-order valence-corrected chi connectivity index (χ3v) is 5.38. The van der Waals surface area contributed by atoms with Crippen LogP contribution in [0.15, 0.2) is 58.3 Å². The molecule has 0 radical (unpaired) electrons. The van der Waals surface area contributed by atoms with E-state index in [0.29, 0.717) is 29.3 Å². The van der Waals surface area contributed by atoms with Crippen LogP contribution in [-0.2, 0) is 20.5 Å². The van der Waals surface area contributed by atoms with Crippen molar-refractivity contribution in [2.75, 3.05) is 31.7 Å². The van der Waals surface area contributed by atoms with Crippen LogP contribution in [0.5, 0.6) is 0 Å². The highest BCUT2D eigenvalue weighted by atomic mass is 32.2. The molecule has 0 fully saturated rings. The molecule has 1 aliphatic rings. The number of fused-ring (bicyclic) bond motifs is 1. The topological polar surface area (TPSA) is 58.6 Å². The van der Waals surface area contributed by atoms with Crippen LogP contribution < -0.4 is 10.2 Å². The molecule has 1 heterocycles. The van der Waals surface area contributed by atoms with E-state index < -0.39 is 11.7 Å². The van der Waals surface area contributed by atoms with Crippen molar-refractivity contribution in [1.29, 1.82) is 0 Å². The summed E-state index contributed by atoms with van der Waals surface area (Å²) < 4.78 is 43.2. The molecule has 0 saturated carbocycles. The summed E-state index contributed by atoms with van der Waals surface area (Å²) in [7, 11) is 1.52. The number of methoxy groups -OCH3 is 1. The van der Waals surface area contributed by atoms with Gasteiger partial charge in [-0.1, -0.05) is 36.0 Å². The lowest BCUT2D eigenvalue weighted by atomic mass is 10.1. The zero-order valence-electron chi connectivity index (χ0n) is 16.0. The zero-order chi connectivity index (χ0) is 21.7. The number of thioether (sulfide) groups is 1. The highest BCUT2D eigenvalue weighted by molar-refractivity contribution is 8.04. The number of rotatable bonds is 6. The van der Waals surface area contributed by atoms with E-state index in [1.807, 2.05) is 12.1 Å². The molecule has 1 aliphatic heterocycles. The summed E-state index contributed by atoms with van der Waals surface area (Å²) in [6.45, 7) is 0.498. The molecule has 0 aromatic heterocycles. The van der Waals surface area contributed by atoms with E-state index in [1.165, 1.54) is 42.0 Å². The Labute approximate surface area is 175 Å². The fraction of sp³-hybridized carbons (Fsp3) is 0.238. The van der Waals surface area contributed by atoms with Gasteiger partial charge < -0.3 is 10.1 Å². The first-order valence-electron chi connectivity index (χ1n) is 9.03. The van der Waals surface area contributed by atoms with Gasteiger partial charge in [-0.15, -0.1) is 0 Å². The number of amides is 2. The monoisotopic (exact) mass is 436 g/mol. The van der Waals surface area contributed by atoms with Crippen molar-refractivity contribution in [2.24, 2.45) is 0 Å². The first-order valence-corrected chi connectivity index (χ1v) is 9.84. The van der Waals surface area contributed by atoms with Crippen LogP contribution in [0.25, 0.3) is 6.08 Å². The van der Waals surface area contributed by atoms with Crippen LogP contribution in [0.3, 0.4) is 0 Å². The Morgan fingerprint density at radius 2 is 1.87 bits per heavy atom. The summed E-state index contributed by atoms with van der Waals surface area (Å²) in [5, 5.41) is 2.68. The highest BCUT2D eigenvalue weighted by Gasteiger charge is 2.31. The van der Waals surface area contributed by atoms with Crippen molar-refractivity contribution in [1.82, 2.24) is 5.32 Å². The van der Waals surface area contributed by atoms with Crippen LogP contribution >= 0.6 is 11.8 Å². The molecular formula is C21H19F3N2O3S. The van der Waals surface area contributed by atoms with Crippen molar-refractivity contribution in [3.8, 4) is 0 Å². The predicted molar refractivity (Wildman–Crippen MR) is 109 cm³/mol. The Bertz CT molecular complexity index is 959. The van der Waals surface area contributed by atoms with E-state index in [9.17, 15) is 22.8 Å². The van der Waals surface area contributed by atoms with Crippen molar-refractivity contribution < 1.29 is 27.5 Å². The van der Waals surface area contributed by atoms with Gasteiger partial charge >= 0.3 is 6.18 Å². The minimum absolute atomic E-state index is 0.176. The summed E-state index contributed by atoms with van der Waals surface area (Å²) in [6.07, 6.45) is -2.90. The second-order valence-electron chi connectivity index (χ2n) is 6.43. The molecule has 1 N–H and O–H groups in total. The second-order valence-corrected chi connectivity index (χ2v) is 7.52. The van der Waals surface area contributed by atoms with Gasteiger partial charge in [0.05, 0.1) is 22.8 Å². The number of carbonyl (C=O) groups is 2. The molecule has 0 unspecified atom stereocenters. The van der Waals surface area contributed by atoms with Gasteiger partial charge in [0.2, 0.25) is 5.91 Å². The number of halogens is 3. The maximum Gasteiger partial charge on any atom is 0.416 e. The SMILES string of the molecule is COCCNC(=O)CN1C(=O)C(=Cc2ccc(C(F)(F)F)cc2)Sc2ccccc21. The molecule has 2 aromatic carbocycles. The summed E-state index contributed by atoms with van der Waals surface area (Å²) in [5.41, 5.74) is 0.314. The Hall–Kier alpha value is -2.78. The molecule has 0 atom stereocenters. The molecule has 3 rings (SSSR count). The van der Waals surface area contributed by atoms with E-state index in [1.54, 1.807) is 12.1 Å². The fourth-order valence-corrected chi connectivity index (χ4v) is 3.89.